The monoisotopic (exact) mass is 380 g/mol. The Morgan fingerprint density at radius 1 is 1.33 bits per heavy atom. The number of carbonyl (C=O) groups excluding carboxylic acids is 1. The summed E-state index contributed by atoms with van der Waals surface area (Å²) in [5.74, 6) is 0.576. The highest BCUT2D eigenvalue weighted by Crippen LogP contribution is 2.45. The Labute approximate surface area is 160 Å². The number of nitriles is 1. The lowest BCUT2D eigenvalue weighted by molar-refractivity contribution is -0.123. The zero-order valence-electron chi connectivity index (χ0n) is 15.1. The topological polar surface area (TPSA) is 68.6 Å². The summed E-state index contributed by atoms with van der Waals surface area (Å²) in [4.78, 5) is 16.9. The van der Waals surface area contributed by atoms with E-state index in [1.165, 1.54) is 0 Å². The van der Waals surface area contributed by atoms with Gasteiger partial charge in [-0.25, -0.2) is 0 Å². The Bertz CT molecular complexity index is 894. The van der Waals surface area contributed by atoms with Gasteiger partial charge >= 0.3 is 0 Å². The lowest BCUT2D eigenvalue weighted by atomic mass is 10.1. The van der Waals surface area contributed by atoms with E-state index >= 15 is 0 Å². The van der Waals surface area contributed by atoms with E-state index in [2.05, 4.69) is 28.4 Å². The van der Waals surface area contributed by atoms with Crippen LogP contribution in [0, 0.1) is 11.3 Å². The molecule has 1 saturated heterocycles. The van der Waals surface area contributed by atoms with Crippen molar-refractivity contribution in [2.75, 3.05) is 33.3 Å². The minimum atomic E-state index is -0.0138. The van der Waals surface area contributed by atoms with Gasteiger partial charge in [-0.1, -0.05) is 20.7 Å². The highest BCUT2D eigenvalue weighted by molar-refractivity contribution is 7.51. The van der Waals surface area contributed by atoms with Crippen LogP contribution in [0.25, 0.3) is 5.31 Å². The fraction of sp³-hybridized carbons (Fsp3) is 0.300. The van der Waals surface area contributed by atoms with Crippen molar-refractivity contribution in [2.24, 2.45) is 0 Å². The Morgan fingerprint density at radius 2 is 2.15 bits per heavy atom. The summed E-state index contributed by atoms with van der Waals surface area (Å²) in [5, 5.41) is 13.6. The molecule has 1 aromatic rings. The molecule has 1 fully saturated rings. The number of piperazine rings is 1. The van der Waals surface area contributed by atoms with Gasteiger partial charge in [0.15, 0.2) is 0 Å². The molecular weight excluding hydrogens is 359 g/mol. The Balaban J connectivity index is 1.59. The van der Waals surface area contributed by atoms with Crippen LogP contribution in [0.2, 0.25) is 0 Å². The van der Waals surface area contributed by atoms with Gasteiger partial charge in [-0.15, -0.1) is 0 Å². The molecule has 7 heteroatoms. The normalized spacial score (nSPS) is 22.8. The van der Waals surface area contributed by atoms with Gasteiger partial charge in [-0.3, -0.25) is 4.79 Å². The number of nitrogens with zero attached hydrogens (tertiary/aromatic N) is 3. The molecule has 0 saturated carbocycles. The number of ether oxygens (including phenoxy) is 1. The molecule has 1 N–H and O–H groups in total. The van der Waals surface area contributed by atoms with Crippen LogP contribution in [-0.2, 0) is 4.79 Å². The van der Waals surface area contributed by atoms with E-state index in [0.29, 0.717) is 19.9 Å². The van der Waals surface area contributed by atoms with Gasteiger partial charge < -0.3 is 19.9 Å². The zero-order chi connectivity index (χ0) is 18.8. The maximum Gasteiger partial charge on any atom is 0.252 e. The smallest absolute Gasteiger partial charge is 0.252 e. The van der Waals surface area contributed by atoms with Crippen molar-refractivity contribution in [1.29, 1.82) is 5.26 Å². The maximum atomic E-state index is 12.8. The second-order valence-electron chi connectivity index (χ2n) is 6.57. The van der Waals surface area contributed by atoms with Crippen LogP contribution in [0.5, 0.6) is 5.75 Å². The van der Waals surface area contributed by atoms with Crippen LogP contribution in [-0.4, -0.2) is 54.8 Å². The second kappa shape index (κ2) is 7.56. The zero-order valence-corrected chi connectivity index (χ0v) is 16.1. The fourth-order valence-electron chi connectivity index (χ4n) is 3.51. The summed E-state index contributed by atoms with van der Waals surface area (Å²) in [6, 6.07) is 7.66. The number of nitrogens with one attached hydrogen (secondary N) is 1. The largest absolute Gasteiger partial charge is 0.495 e. The van der Waals surface area contributed by atoms with E-state index in [9.17, 15) is 10.1 Å². The summed E-state index contributed by atoms with van der Waals surface area (Å²) in [6.45, 7) is 3.84. The third-order valence-electron chi connectivity index (χ3n) is 4.96. The highest BCUT2D eigenvalue weighted by Gasteiger charge is 2.29. The van der Waals surface area contributed by atoms with Crippen LogP contribution >= 0.6 is 8.58 Å². The van der Waals surface area contributed by atoms with Gasteiger partial charge in [0.2, 0.25) is 0 Å². The van der Waals surface area contributed by atoms with Crippen molar-refractivity contribution < 1.29 is 9.53 Å². The quantitative estimate of drug-likeness (QED) is 0.813. The number of fused-ring (bicyclic) bond motifs is 1. The minimum absolute atomic E-state index is 0.0138. The predicted octanol–water partition coefficient (Wildman–Crippen LogP) is 2.07. The lowest BCUT2D eigenvalue weighted by Gasteiger charge is -2.37. The van der Waals surface area contributed by atoms with E-state index in [1.807, 2.05) is 17.2 Å². The fourth-order valence-corrected chi connectivity index (χ4v) is 4.89. The SMILES string of the molecule is COc1ccc(C2=CC(=O)N3C=C(N4CCNCC4)C=CC3P2)cc1C#N. The van der Waals surface area contributed by atoms with Crippen LogP contribution in [0.3, 0.4) is 0 Å². The molecule has 4 rings (SSSR count). The van der Waals surface area contributed by atoms with Gasteiger partial charge in [0.1, 0.15) is 11.8 Å². The third-order valence-corrected chi connectivity index (χ3v) is 6.47. The van der Waals surface area contributed by atoms with Gasteiger partial charge in [0.25, 0.3) is 5.91 Å². The lowest BCUT2D eigenvalue weighted by Crippen LogP contribution is -2.44. The molecule has 2 atom stereocenters. The summed E-state index contributed by atoms with van der Waals surface area (Å²) in [5.41, 5.74) is 2.48. The minimum Gasteiger partial charge on any atom is -0.495 e. The molecule has 0 bridgehead atoms. The Hall–Kier alpha value is -2.61. The van der Waals surface area contributed by atoms with Crippen LogP contribution in [0.1, 0.15) is 11.1 Å². The molecule has 3 heterocycles. The molecule has 0 spiro atoms. The number of benzene rings is 1. The van der Waals surface area contributed by atoms with E-state index in [-0.39, 0.29) is 11.7 Å². The molecule has 0 radical (unpaired) electrons. The number of carbonyl (C=O) groups is 1. The van der Waals surface area contributed by atoms with Crippen molar-refractivity contribution in [3.05, 3.63) is 59.5 Å². The maximum absolute atomic E-state index is 12.8. The average Bonchev–Trinajstić information content (AvgIpc) is 2.73. The summed E-state index contributed by atoms with van der Waals surface area (Å²) >= 11 is 0. The van der Waals surface area contributed by atoms with E-state index in [1.54, 1.807) is 25.3 Å². The standard InChI is InChI=1S/C20H21N4O2P/c1-26-17-4-2-14(10-15(17)12-21)18-11-19(25)24-13-16(3-5-20(24)27-18)23-8-6-22-7-9-23/h2-5,10-11,13,20,22,27H,6-9H2,1H3. The third kappa shape index (κ3) is 3.49. The molecule has 1 amide bonds. The van der Waals surface area contributed by atoms with Crippen molar-refractivity contribution in [3.8, 4) is 11.8 Å². The molecule has 138 valence electrons. The first-order valence-corrected chi connectivity index (χ1v) is 10.0. The first-order chi connectivity index (χ1) is 13.2. The van der Waals surface area contributed by atoms with Crippen LogP contribution in [0.15, 0.2) is 48.3 Å². The van der Waals surface area contributed by atoms with Crippen molar-refractivity contribution in [1.82, 2.24) is 15.1 Å². The summed E-state index contributed by atoms with van der Waals surface area (Å²) < 4.78 is 5.21. The van der Waals surface area contributed by atoms with E-state index in [4.69, 9.17) is 4.74 Å². The first kappa shape index (κ1) is 17.8. The Kier molecular flexibility index (Phi) is 4.98. The number of methoxy groups -OCH3 is 1. The molecule has 2 unspecified atom stereocenters. The number of rotatable bonds is 3. The van der Waals surface area contributed by atoms with Crippen molar-refractivity contribution in [3.63, 3.8) is 0 Å². The first-order valence-electron chi connectivity index (χ1n) is 8.94. The highest BCUT2D eigenvalue weighted by atomic mass is 31.1. The molecule has 3 aliphatic heterocycles. The van der Waals surface area contributed by atoms with E-state index in [0.717, 1.165) is 42.8 Å². The molecule has 0 aromatic heterocycles. The number of amides is 1. The number of hydrogen-bond acceptors (Lipinski definition) is 5. The molecule has 6 nitrogen and oxygen atoms in total. The van der Waals surface area contributed by atoms with Gasteiger partial charge in [0, 0.05) is 38.5 Å². The van der Waals surface area contributed by atoms with Crippen molar-refractivity contribution >= 4 is 19.8 Å². The van der Waals surface area contributed by atoms with Gasteiger partial charge in [-0.05, 0) is 29.1 Å². The van der Waals surface area contributed by atoms with Crippen LogP contribution < -0.4 is 10.1 Å². The second-order valence-corrected chi connectivity index (χ2v) is 7.99. The molecule has 0 aliphatic carbocycles. The van der Waals surface area contributed by atoms with Crippen LogP contribution in [0.4, 0.5) is 0 Å². The molecule has 27 heavy (non-hydrogen) atoms. The number of allylic oxidation sites excluding steroid dienone is 1. The van der Waals surface area contributed by atoms with Gasteiger partial charge in [0.05, 0.1) is 24.2 Å². The van der Waals surface area contributed by atoms with Crippen molar-refractivity contribution in [2.45, 2.75) is 5.78 Å². The number of hydrogen-bond donors (Lipinski definition) is 1. The molecule has 1 aromatic carbocycles. The van der Waals surface area contributed by atoms with E-state index < -0.39 is 0 Å². The predicted molar refractivity (Wildman–Crippen MR) is 106 cm³/mol. The molecular formula is C20H21N4O2P. The Morgan fingerprint density at radius 3 is 2.89 bits per heavy atom. The van der Waals surface area contributed by atoms with Gasteiger partial charge in [-0.2, -0.15) is 5.26 Å². The summed E-state index contributed by atoms with van der Waals surface area (Å²) in [7, 11) is 1.98. The average molecular weight is 380 g/mol. The summed E-state index contributed by atoms with van der Waals surface area (Å²) in [6.07, 6.45) is 7.93. The molecule has 3 aliphatic rings.